The first-order valence-electron chi connectivity index (χ1n) is 7.10. The molecule has 0 fully saturated rings. The fourth-order valence-electron chi connectivity index (χ4n) is 1.93. The van der Waals surface area contributed by atoms with Gasteiger partial charge in [0.2, 0.25) is 5.95 Å². The summed E-state index contributed by atoms with van der Waals surface area (Å²) in [6.45, 7) is 3.81. The number of nitrogens with zero attached hydrogens (tertiary/aromatic N) is 2. The third-order valence-electron chi connectivity index (χ3n) is 3.21. The van der Waals surface area contributed by atoms with Crippen LogP contribution in [0.4, 0.5) is 5.95 Å². The number of aromatic amines is 1. The highest BCUT2D eigenvalue weighted by molar-refractivity contribution is 5.94. The fraction of sp³-hybridized carbons (Fsp3) is 0.400. The number of benzene rings is 1. The van der Waals surface area contributed by atoms with E-state index in [-0.39, 0.29) is 18.4 Å². The Labute approximate surface area is 129 Å². The van der Waals surface area contributed by atoms with Gasteiger partial charge < -0.3 is 16.2 Å². The number of H-pyrrole nitrogens is 1. The van der Waals surface area contributed by atoms with E-state index >= 15 is 0 Å². The predicted octanol–water partition coefficient (Wildman–Crippen LogP) is 1.02. The molecule has 0 bridgehead atoms. The zero-order valence-corrected chi connectivity index (χ0v) is 12.8. The van der Waals surface area contributed by atoms with Gasteiger partial charge >= 0.3 is 0 Å². The molecule has 1 aromatic heterocycles. The summed E-state index contributed by atoms with van der Waals surface area (Å²) in [5.74, 6) is 0.470. The second-order valence-corrected chi connectivity index (χ2v) is 5.83. The lowest BCUT2D eigenvalue weighted by atomic mass is 9.98. The molecule has 0 spiro atoms. The summed E-state index contributed by atoms with van der Waals surface area (Å²) in [5, 5.41) is 18.8. The number of nitrogens with one attached hydrogen (secondary N) is 2. The Morgan fingerprint density at radius 1 is 1.36 bits per heavy atom. The lowest BCUT2D eigenvalue weighted by Crippen LogP contribution is -2.23. The van der Waals surface area contributed by atoms with Crippen LogP contribution < -0.4 is 11.1 Å². The van der Waals surface area contributed by atoms with E-state index < -0.39 is 5.60 Å². The number of carbonyl (C=O) groups is 1. The minimum atomic E-state index is -0.686. The highest BCUT2D eigenvalue weighted by atomic mass is 16.3. The van der Waals surface area contributed by atoms with Crippen molar-refractivity contribution in [3.8, 4) is 0 Å². The van der Waals surface area contributed by atoms with Crippen molar-refractivity contribution in [2.24, 2.45) is 0 Å². The molecule has 0 saturated heterocycles. The molecule has 0 aliphatic heterocycles. The molecule has 1 heterocycles. The molecular formula is C15H21N5O2. The van der Waals surface area contributed by atoms with E-state index in [1.165, 1.54) is 0 Å². The molecule has 0 saturated carbocycles. The molecule has 5 N–H and O–H groups in total. The lowest BCUT2D eigenvalue weighted by Gasteiger charge is -2.16. The molecular weight excluding hydrogens is 282 g/mol. The maximum Gasteiger partial charge on any atom is 0.251 e. The van der Waals surface area contributed by atoms with Gasteiger partial charge in [0.25, 0.3) is 5.91 Å². The number of amides is 1. The first-order chi connectivity index (χ1) is 10.3. The first-order valence-corrected chi connectivity index (χ1v) is 7.10. The molecule has 22 heavy (non-hydrogen) atoms. The highest BCUT2D eigenvalue weighted by Gasteiger charge is 2.12. The van der Waals surface area contributed by atoms with E-state index in [1.54, 1.807) is 26.0 Å². The molecule has 1 aromatic carbocycles. The zero-order chi connectivity index (χ0) is 16.2. The van der Waals surface area contributed by atoms with Crippen LogP contribution in [-0.4, -0.2) is 31.8 Å². The quantitative estimate of drug-likeness (QED) is 0.635. The van der Waals surface area contributed by atoms with Crippen LogP contribution in [0.25, 0.3) is 0 Å². The van der Waals surface area contributed by atoms with Crippen molar-refractivity contribution in [3.63, 3.8) is 0 Å². The van der Waals surface area contributed by atoms with Gasteiger partial charge in [-0.3, -0.25) is 9.89 Å². The summed E-state index contributed by atoms with van der Waals surface area (Å²) in [7, 11) is 0. The highest BCUT2D eigenvalue weighted by Crippen LogP contribution is 2.13. The standard InChI is InChI=1S/C15H21N5O2/c1-15(2,22)8-7-10-3-5-11(6-4-10)13(21)17-9-12-18-14(16)20-19-12/h3-6,22H,7-9H2,1-2H3,(H,17,21)(H3,16,18,19,20). The Hall–Kier alpha value is -2.41. The Balaban J connectivity index is 1.88. The molecule has 2 aromatic rings. The number of anilines is 1. The van der Waals surface area contributed by atoms with E-state index in [9.17, 15) is 9.90 Å². The molecule has 7 heteroatoms. The Bertz CT molecular complexity index is 628. The van der Waals surface area contributed by atoms with E-state index in [4.69, 9.17) is 5.73 Å². The van der Waals surface area contributed by atoms with E-state index in [0.29, 0.717) is 17.8 Å². The van der Waals surface area contributed by atoms with Crippen molar-refractivity contribution < 1.29 is 9.90 Å². The van der Waals surface area contributed by atoms with Crippen molar-refractivity contribution in [3.05, 3.63) is 41.2 Å². The van der Waals surface area contributed by atoms with Crippen LogP contribution in [0.15, 0.2) is 24.3 Å². The van der Waals surface area contributed by atoms with E-state index in [2.05, 4.69) is 20.5 Å². The van der Waals surface area contributed by atoms with E-state index in [1.807, 2.05) is 12.1 Å². The summed E-state index contributed by atoms with van der Waals surface area (Å²) < 4.78 is 0. The zero-order valence-electron chi connectivity index (χ0n) is 12.8. The summed E-state index contributed by atoms with van der Waals surface area (Å²) in [5.41, 5.74) is 6.36. The third-order valence-corrected chi connectivity index (χ3v) is 3.21. The molecule has 0 aliphatic carbocycles. The van der Waals surface area contributed by atoms with Crippen LogP contribution >= 0.6 is 0 Å². The maximum atomic E-state index is 12.0. The summed E-state index contributed by atoms with van der Waals surface area (Å²) >= 11 is 0. The molecule has 0 unspecified atom stereocenters. The molecule has 1 amide bonds. The molecule has 0 aliphatic rings. The van der Waals surface area contributed by atoms with Crippen LogP contribution in [0.5, 0.6) is 0 Å². The maximum absolute atomic E-state index is 12.0. The molecule has 118 valence electrons. The van der Waals surface area contributed by atoms with E-state index in [0.717, 1.165) is 12.0 Å². The number of rotatable bonds is 6. The van der Waals surface area contributed by atoms with Gasteiger partial charge in [-0.1, -0.05) is 12.1 Å². The normalized spacial score (nSPS) is 11.4. The van der Waals surface area contributed by atoms with Gasteiger partial charge in [-0.2, -0.15) is 4.98 Å². The monoisotopic (exact) mass is 303 g/mol. The number of hydrogen-bond acceptors (Lipinski definition) is 5. The number of nitrogens with two attached hydrogens (primary N) is 1. The topological polar surface area (TPSA) is 117 Å². The minimum Gasteiger partial charge on any atom is -0.390 e. The average Bonchev–Trinajstić information content (AvgIpc) is 2.88. The van der Waals surface area contributed by atoms with Crippen LogP contribution in [0.1, 0.15) is 42.0 Å². The van der Waals surface area contributed by atoms with Crippen molar-refractivity contribution in [1.29, 1.82) is 0 Å². The third kappa shape index (κ3) is 4.85. The summed E-state index contributed by atoms with van der Waals surface area (Å²) in [6, 6.07) is 7.33. The van der Waals surface area contributed by atoms with Crippen molar-refractivity contribution in [1.82, 2.24) is 20.5 Å². The van der Waals surface area contributed by atoms with Gasteiger partial charge in [0.15, 0.2) is 0 Å². The molecule has 0 radical (unpaired) electrons. The summed E-state index contributed by atoms with van der Waals surface area (Å²) in [6.07, 6.45) is 1.44. The van der Waals surface area contributed by atoms with Gasteiger partial charge in [-0.25, -0.2) is 0 Å². The molecule has 7 nitrogen and oxygen atoms in total. The lowest BCUT2D eigenvalue weighted by molar-refractivity contribution is 0.0713. The number of aromatic nitrogens is 3. The minimum absolute atomic E-state index is 0.153. The second kappa shape index (κ2) is 6.57. The van der Waals surface area contributed by atoms with Crippen molar-refractivity contribution in [2.75, 3.05) is 5.73 Å². The fourth-order valence-corrected chi connectivity index (χ4v) is 1.93. The number of aliphatic hydroxyl groups is 1. The Kier molecular flexibility index (Phi) is 4.77. The second-order valence-electron chi connectivity index (χ2n) is 5.83. The van der Waals surface area contributed by atoms with Gasteiger partial charge in [0.1, 0.15) is 5.82 Å². The van der Waals surface area contributed by atoms with Crippen LogP contribution in [0.3, 0.4) is 0 Å². The van der Waals surface area contributed by atoms with Crippen LogP contribution in [0.2, 0.25) is 0 Å². The Morgan fingerprint density at radius 2 is 2.05 bits per heavy atom. The Morgan fingerprint density at radius 3 is 2.59 bits per heavy atom. The predicted molar refractivity (Wildman–Crippen MR) is 83.0 cm³/mol. The SMILES string of the molecule is CC(C)(O)CCc1ccc(C(=O)NCc2nc(N)n[nH]2)cc1. The van der Waals surface area contributed by atoms with Crippen molar-refractivity contribution >= 4 is 11.9 Å². The number of carbonyl (C=O) groups excluding carboxylic acids is 1. The van der Waals surface area contributed by atoms with Gasteiger partial charge in [-0.05, 0) is 44.4 Å². The van der Waals surface area contributed by atoms with Gasteiger partial charge in [-0.15, -0.1) is 5.10 Å². The largest absolute Gasteiger partial charge is 0.390 e. The number of aryl methyl sites for hydroxylation is 1. The summed E-state index contributed by atoms with van der Waals surface area (Å²) in [4.78, 5) is 15.9. The molecule has 0 atom stereocenters. The average molecular weight is 303 g/mol. The van der Waals surface area contributed by atoms with Crippen LogP contribution in [-0.2, 0) is 13.0 Å². The van der Waals surface area contributed by atoms with Crippen molar-refractivity contribution in [2.45, 2.75) is 38.8 Å². The van der Waals surface area contributed by atoms with Gasteiger partial charge in [0, 0.05) is 5.56 Å². The smallest absolute Gasteiger partial charge is 0.251 e. The van der Waals surface area contributed by atoms with Gasteiger partial charge in [0.05, 0.1) is 12.1 Å². The first kappa shape index (κ1) is 16.0. The molecule has 2 rings (SSSR count). The number of hydrogen-bond donors (Lipinski definition) is 4. The number of nitrogen functional groups attached to an aromatic ring is 1. The van der Waals surface area contributed by atoms with Crippen LogP contribution in [0, 0.1) is 0 Å².